The smallest absolute Gasteiger partial charge is 0.242 e. The van der Waals surface area contributed by atoms with Crippen LogP contribution in [0.3, 0.4) is 0 Å². The molecule has 0 spiro atoms. The molecular formula is C16H20N6OS. The number of carbonyl (C=O) groups is 1. The Bertz CT molecular complexity index is 857. The number of aromatic nitrogens is 4. The predicted molar refractivity (Wildman–Crippen MR) is 95.2 cm³/mol. The number of thiophene rings is 1. The van der Waals surface area contributed by atoms with Crippen LogP contribution in [0.4, 0.5) is 5.82 Å². The zero-order valence-electron chi connectivity index (χ0n) is 14.1. The van der Waals surface area contributed by atoms with E-state index in [2.05, 4.69) is 39.0 Å². The van der Waals surface area contributed by atoms with Gasteiger partial charge in [-0.1, -0.05) is 0 Å². The number of nitrogens with one attached hydrogen (secondary N) is 1. The van der Waals surface area contributed by atoms with E-state index in [1.807, 2.05) is 25.9 Å². The number of hydrogen-bond donors (Lipinski definition) is 1. The maximum atomic E-state index is 12.6. The summed E-state index contributed by atoms with van der Waals surface area (Å²) in [6, 6.07) is 4.20. The van der Waals surface area contributed by atoms with Crippen LogP contribution in [-0.2, 0) is 4.79 Å². The number of aromatic amines is 1. The minimum Gasteiger partial charge on any atom is -0.348 e. The molecular weight excluding hydrogens is 324 g/mol. The van der Waals surface area contributed by atoms with E-state index in [4.69, 9.17) is 0 Å². The molecule has 3 aromatic heterocycles. The lowest BCUT2D eigenvalue weighted by Crippen LogP contribution is -2.38. The molecule has 1 N–H and O–H groups in total. The Balaban J connectivity index is 1.73. The number of anilines is 1. The van der Waals surface area contributed by atoms with Crippen molar-refractivity contribution in [2.24, 2.45) is 0 Å². The van der Waals surface area contributed by atoms with Gasteiger partial charge in [0.25, 0.3) is 0 Å². The number of H-pyrrole nitrogens is 1. The second-order valence-electron chi connectivity index (χ2n) is 5.78. The summed E-state index contributed by atoms with van der Waals surface area (Å²) in [5.74, 6) is 0.696. The number of hydrogen-bond acceptors (Lipinski definition) is 6. The molecule has 0 bridgehead atoms. The van der Waals surface area contributed by atoms with Crippen LogP contribution in [0.5, 0.6) is 0 Å². The monoisotopic (exact) mass is 344 g/mol. The van der Waals surface area contributed by atoms with Crippen LogP contribution in [0, 0.1) is 6.92 Å². The van der Waals surface area contributed by atoms with E-state index in [1.165, 1.54) is 16.1 Å². The van der Waals surface area contributed by atoms with Gasteiger partial charge in [0.05, 0.1) is 18.9 Å². The fourth-order valence-corrected chi connectivity index (χ4v) is 3.49. The van der Waals surface area contributed by atoms with Gasteiger partial charge in [0.1, 0.15) is 11.8 Å². The molecule has 0 saturated carbocycles. The van der Waals surface area contributed by atoms with Crippen LogP contribution < -0.4 is 4.90 Å². The van der Waals surface area contributed by atoms with Gasteiger partial charge in [-0.05, 0) is 26.0 Å². The fraction of sp³-hybridized carbons (Fsp3) is 0.375. The van der Waals surface area contributed by atoms with Crippen LogP contribution in [0.1, 0.15) is 22.7 Å². The number of amides is 1. The highest BCUT2D eigenvalue weighted by molar-refractivity contribution is 7.12. The Morgan fingerprint density at radius 1 is 1.29 bits per heavy atom. The Morgan fingerprint density at radius 3 is 2.79 bits per heavy atom. The summed E-state index contributed by atoms with van der Waals surface area (Å²) >= 11 is 1.72. The van der Waals surface area contributed by atoms with Crippen LogP contribution in [0.2, 0.25) is 0 Å². The number of imidazole rings is 1. The maximum absolute atomic E-state index is 12.6. The maximum Gasteiger partial charge on any atom is 0.242 e. The summed E-state index contributed by atoms with van der Waals surface area (Å²) in [4.78, 5) is 34.2. The molecule has 3 rings (SSSR count). The largest absolute Gasteiger partial charge is 0.348 e. The number of aryl methyl sites for hydroxylation is 1. The minimum absolute atomic E-state index is 0.0299. The van der Waals surface area contributed by atoms with Gasteiger partial charge in [-0.3, -0.25) is 4.79 Å². The van der Waals surface area contributed by atoms with Crippen molar-refractivity contribution in [1.29, 1.82) is 0 Å². The number of rotatable bonds is 5. The topological polar surface area (TPSA) is 78.0 Å². The van der Waals surface area contributed by atoms with Crippen molar-refractivity contribution in [1.82, 2.24) is 24.8 Å². The number of nitrogens with zero attached hydrogens (tertiary/aromatic N) is 5. The highest BCUT2D eigenvalue weighted by Gasteiger charge is 2.21. The Morgan fingerprint density at radius 2 is 2.08 bits per heavy atom. The van der Waals surface area contributed by atoms with Crippen LogP contribution in [-0.4, -0.2) is 51.4 Å². The molecule has 0 aromatic carbocycles. The van der Waals surface area contributed by atoms with Gasteiger partial charge < -0.3 is 14.8 Å². The van der Waals surface area contributed by atoms with E-state index in [9.17, 15) is 4.79 Å². The number of likely N-dealkylation sites (N-methyl/N-ethyl adjacent to an activating group) is 2. The Hall–Kier alpha value is -2.48. The van der Waals surface area contributed by atoms with Crippen molar-refractivity contribution < 1.29 is 4.79 Å². The highest BCUT2D eigenvalue weighted by atomic mass is 32.1. The molecule has 1 amide bonds. The predicted octanol–water partition coefficient (Wildman–Crippen LogP) is 2.38. The molecule has 1 atom stereocenters. The van der Waals surface area contributed by atoms with E-state index in [0.29, 0.717) is 11.5 Å². The molecule has 126 valence electrons. The molecule has 0 saturated heterocycles. The van der Waals surface area contributed by atoms with E-state index < -0.39 is 0 Å². The molecule has 8 heteroatoms. The normalized spacial score (nSPS) is 12.3. The van der Waals surface area contributed by atoms with E-state index in [1.54, 1.807) is 22.6 Å². The average Bonchev–Trinajstić information content (AvgIpc) is 3.21. The summed E-state index contributed by atoms with van der Waals surface area (Å²) in [5.41, 5.74) is 1.33. The quantitative estimate of drug-likeness (QED) is 0.769. The third-order valence-electron chi connectivity index (χ3n) is 4.08. The second kappa shape index (κ2) is 6.56. The summed E-state index contributed by atoms with van der Waals surface area (Å²) in [7, 11) is 3.68. The highest BCUT2D eigenvalue weighted by Crippen LogP contribution is 2.26. The zero-order valence-corrected chi connectivity index (χ0v) is 15.0. The molecule has 0 aliphatic rings. The molecule has 24 heavy (non-hydrogen) atoms. The number of fused-ring (bicyclic) bond motifs is 1. The summed E-state index contributed by atoms with van der Waals surface area (Å²) in [5, 5.41) is 0. The van der Waals surface area contributed by atoms with Crippen LogP contribution >= 0.6 is 11.3 Å². The molecule has 0 fully saturated rings. The molecule has 0 radical (unpaired) electrons. The molecule has 7 nitrogen and oxygen atoms in total. The first-order valence-corrected chi connectivity index (χ1v) is 8.46. The second-order valence-corrected chi connectivity index (χ2v) is 7.10. The first-order chi connectivity index (χ1) is 11.5. The van der Waals surface area contributed by atoms with Crippen molar-refractivity contribution >= 4 is 34.2 Å². The molecule has 0 aliphatic heterocycles. The molecule has 0 aliphatic carbocycles. The third-order valence-corrected chi connectivity index (χ3v) is 5.26. The van der Waals surface area contributed by atoms with Gasteiger partial charge in [-0.25, -0.2) is 15.0 Å². The Kier molecular flexibility index (Phi) is 4.48. The average molecular weight is 344 g/mol. The SMILES string of the molecule is Cc1ccc(C(C)N(C)C(=O)CN(C)c2ncnc3nc[nH]c23)s1. The Labute approximate surface area is 144 Å². The standard InChI is InChI=1S/C16H20N6OS/c1-10-5-6-12(24-10)11(2)22(4)13(23)7-21(3)16-14-15(18-8-17-14)19-9-20-16/h5-6,8-9,11H,7H2,1-4H3,(H,17,18,19,20). The molecule has 3 aromatic rings. The fourth-order valence-electron chi connectivity index (χ4n) is 2.52. The zero-order chi connectivity index (χ0) is 17.3. The van der Waals surface area contributed by atoms with Gasteiger partial charge in [0.2, 0.25) is 5.91 Å². The van der Waals surface area contributed by atoms with Crippen molar-refractivity contribution in [3.63, 3.8) is 0 Å². The van der Waals surface area contributed by atoms with E-state index in [-0.39, 0.29) is 18.5 Å². The summed E-state index contributed by atoms with van der Waals surface area (Å²) in [6.45, 7) is 4.35. The lowest BCUT2D eigenvalue weighted by atomic mass is 10.2. The van der Waals surface area contributed by atoms with E-state index >= 15 is 0 Å². The molecule has 3 heterocycles. The lowest BCUT2D eigenvalue weighted by molar-refractivity contribution is -0.130. The van der Waals surface area contributed by atoms with Gasteiger partial charge >= 0.3 is 0 Å². The van der Waals surface area contributed by atoms with Gasteiger partial charge in [0.15, 0.2) is 11.5 Å². The van der Waals surface area contributed by atoms with Gasteiger partial charge in [-0.2, -0.15) is 0 Å². The van der Waals surface area contributed by atoms with Crippen molar-refractivity contribution in [2.45, 2.75) is 19.9 Å². The van der Waals surface area contributed by atoms with Gasteiger partial charge in [0, 0.05) is 23.8 Å². The minimum atomic E-state index is 0.0299. The van der Waals surface area contributed by atoms with Crippen molar-refractivity contribution in [2.75, 3.05) is 25.5 Å². The first kappa shape index (κ1) is 16.4. The van der Waals surface area contributed by atoms with Crippen molar-refractivity contribution in [3.05, 3.63) is 34.5 Å². The summed E-state index contributed by atoms with van der Waals surface area (Å²) < 4.78 is 0. The first-order valence-electron chi connectivity index (χ1n) is 7.64. The lowest BCUT2D eigenvalue weighted by Gasteiger charge is -2.27. The summed E-state index contributed by atoms with van der Waals surface area (Å²) in [6.07, 6.45) is 3.03. The van der Waals surface area contributed by atoms with Crippen LogP contribution in [0.15, 0.2) is 24.8 Å². The van der Waals surface area contributed by atoms with Gasteiger partial charge in [-0.15, -0.1) is 11.3 Å². The van der Waals surface area contributed by atoms with E-state index in [0.717, 1.165) is 5.52 Å². The third kappa shape index (κ3) is 3.09. The number of carbonyl (C=O) groups excluding carboxylic acids is 1. The van der Waals surface area contributed by atoms with Crippen molar-refractivity contribution in [3.8, 4) is 0 Å². The van der Waals surface area contributed by atoms with Crippen LogP contribution in [0.25, 0.3) is 11.2 Å². The molecule has 1 unspecified atom stereocenters.